The van der Waals surface area contributed by atoms with E-state index in [2.05, 4.69) is 13.8 Å². The van der Waals surface area contributed by atoms with Crippen molar-refractivity contribution in [2.75, 3.05) is 26.9 Å². The molecule has 2 atom stereocenters. The maximum absolute atomic E-state index is 12.6. The molecule has 0 saturated carbocycles. The molecule has 0 radical (unpaired) electrons. The van der Waals surface area contributed by atoms with Crippen molar-refractivity contribution in [2.24, 2.45) is 5.41 Å². The van der Waals surface area contributed by atoms with Crippen LogP contribution in [-0.2, 0) is 9.47 Å². The molecule has 2 aliphatic heterocycles. The quantitative estimate of drug-likeness (QED) is 0.499. The third-order valence-corrected chi connectivity index (χ3v) is 6.21. The van der Waals surface area contributed by atoms with Crippen molar-refractivity contribution < 1.29 is 19.0 Å². The van der Waals surface area contributed by atoms with Crippen molar-refractivity contribution in [3.8, 4) is 17.0 Å². The predicted molar refractivity (Wildman–Crippen MR) is 115 cm³/mol. The van der Waals surface area contributed by atoms with E-state index in [-0.39, 0.29) is 34.3 Å². The summed E-state index contributed by atoms with van der Waals surface area (Å²) in [4.78, 5) is 24.6. The Balaban J connectivity index is 1.86. The van der Waals surface area contributed by atoms with E-state index in [9.17, 15) is 9.59 Å². The first-order valence-corrected chi connectivity index (χ1v) is 10.5. The zero-order valence-corrected chi connectivity index (χ0v) is 18.4. The number of Topliss-reactive ketones (excluding diaryl/α,β-unsaturated/α-hetero) is 1. The molecule has 6 nitrogen and oxygen atoms in total. The molecule has 0 N–H and O–H groups in total. The first-order valence-electron chi connectivity index (χ1n) is 10.1. The van der Waals surface area contributed by atoms with Crippen LogP contribution in [0, 0.1) is 5.41 Å². The number of carbonyl (C=O) groups excluding carboxylic acids is 1. The topological polar surface area (TPSA) is 66.8 Å². The Bertz CT molecular complexity index is 1060. The summed E-state index contributed by atoms with van der Waals surface area (Å²) in [5, 5.41) is 0.469. The molecule has 2 aromatic rings. The zero-order valence-electron chi connectivity index (χ0n) is 17.7. The van der Waals surface area contributed by atoms with E-state index in [1.54, 1.807) is 13.3 Å². The van der Waals surface area contributed by atoms with Gasteiger partial charge in [-0.1, -0.05) is 25.4 Å². The molecule has 0 bridgehead atoms. The van der Waals surface area contributed by atoms with Crippen LogP contribution in [0.25, 0.3) is 11.3 Å². The molecule has 0 aliphatic carbocycles. The third kappa shape index (κ3) is 3.47. The number of aromatic nitrogens is 1. The summed E-state index contributed by atoms with van der Waals surface area (Å²) in [6, 6.07) is 5.24. The zero-order chi connectivity index (χ0) is 21.6. The number of hydrogen-bond donors (Lipinski definition) is 0. The Morgan fingerprint density at radius 3 is 2.77 bits per heavy atom. The van der Waals surface area contributed by atoms with Crippen LogP contribution in [0.3, 0.4) is 0 Å². The lowest BCUT2D eigenvalue weighted by atomic mass is 9.78. The van der Waals surface area contributed by atoms with E-state index in [0.717, 1.165) is 23.2 Å². The van der Waals surface area contributed by atoms with Crippen LogP contribution in [0.5, 0.6) is 5.75 Å². The molecule has 7 heteroatoms. The van der Waals surface area contributed by atoms with Gasteiger partial charge in [-0.3, -0.25) is 9.59 Å². The van der Waals surface area contributed by atoms with Crippen molar-refractivity contribution in [2.45, 2.75) is 39.3 Å². The van der Waals surface area contributed by atoms with Crippen LogP contribution in [0.2, 0.25) is 5.02 Å². The number of nitrogens with zero attached hydrogens (tertiary/aromatic N) is 1. The second kappa shape index (κ2) is 7.84. The molecule has 1 saturated heterocycles. The average Bonchev–Trinajstić information content (AvgIpc) is 3.01. The van der Waals surface area contributed by atoms with Crippen molar-refractivity contribution >= 4 is 17.4 Å². The highest BCUT2D eigenvalue weighted by Gasteiger charge is 2.49. The first-order chi connectivity index (χ1) is 14.2. The van der Waals surface area contributed by atoms with Crippen LogP contribution in [0.1, 0.15) is 55.3 Å². The summed E-state index contributed by atoms with van der Waals surface area (Å²) in [6.45, 7) is 7.35. The van der Waals surface area contributed by atoms with Gasteiger partial charge in [0.15, 0.2) is 11.2 Å². The van der Waals surface area contributed by atoms with Gasteiger partial charge >= 0.3 is 0 Å². The fraction of sp³-hybridized carbons (Fsp3) is 0.478. The Morgan fingerprint density at radius 1 is 1.30 bits per heavy atom. The van der Waals surface area contributed by atoms with E-state index in [0.29, 0.717) is 30.6 Å². The minimum Gasteiger partial charge on any atom is -0.492 e. The molecule has 3 heterocycles. The van der Waals surface area contributed by atoms with Crippen molar-refractivity contribution in [1.82, 2.24) is 4.57 Å². The molecular weight excluding hydrogens is 406 g/mol. The molecule has 1 fully saturated rings. The van der Waals surface area contributed by atoms with Gasteiger partial charge in [0.25, 0.3) is 0 Å². The van der Waals surface area contributed by atoms with Gasteiger partial charge in [-0.05, 0) is 24.6 Å². The summed E-state index contributed by atoms with van der Waals surface area (Å²) in [7, 11) is 1.65. The van der Waals surface area contributed by atoms with Gasteiger partial charge in [-0.15, -0.1) is 0 Å². The second-order valence-electron chi connectivity index (χ2n) is 8.63. The average molecular weight is 432 g/mol. The molecule has 160 valence electrons. The largest absolute Gasteiger partial charge is 0.492 e. The summed E-state index contributed by atoms with van der Waals surface area (Å²) in [6.07, 6.45) is 2.22. The molecule has 0 unspecified atom stereocenters. The maximum Gasteiger partial charge on any atom is 0.192 e. The number of hydrogen-bond acceptors (Lipinski definition) is 5. The molecule has 2 aliphatic rings. The monoisotopic (exact) mass is 431 g/mol. The van der Waals surface area contributed by atoms with Crippen molar-refractivity contribution in [1.29, 1.82) is 0 Å². The molecular formula is C23H26ClNO5. The highest BCUT2D eigenvalue weighted by atomic mass is 35.5. The van der Waals surface area contributed by atoms with E-state index >= 15 is 0 Å². The minimum absolute atomic E-state index is 0.0544. The number of ether oxygens (including phenoxy) is 3. The first kappa shape index (κ1) is 21.1. The second-order valence-corrected chi connectivity index (χ2v) is 9.04. The van der Waals surface area contributed by atoms with Gasteiger partial charge in [0, 0.05) is 43.4 Å². The van der Waals surface area contributed by atoms with Gasteiger partial charge < -0.3 is 18.8 Å². The molecule has 0 spiro atoms. The van der Waals surface area contributed by atoms with E-state index < -0.39 is 0 Å². The predicted octanol–water partition coefficient (Wildman–Crippen LogP) is 4.44. The highest BCUT2D eigenvalue weighted by molar-refractivity contribution is 6.32. The molecule has 1 aromatic carbocycles. The number of pyridine rings is 1. The Labute approximate surface area is 180 Å². The summed E-state index contributed by atoms with van der Waals surface area (Å²) >= 11 is 6.52. The minimum atomic E-state index is -0.286. The van der Waals surface area contributed by atoms with Gasteiger partial charge in [-0.25, -0.2) is 0 Å². The van der Waals surface area contributed by atoms with E-state index in [1.165, 1.54) is 13.0 Å². The van der Waals surface area contributed by atoms with Crippen LogP contribution >= 0.6 is 11.6 Å². The Morgan fingerprint density at radius 2 is 2.07 bits per heavy atom. The lowest BCUT2D eigenvalue weighted by Crippen LogP contribution is -2.32. The lowest BCUT2D eigenvalue weighted by Gasteiger charge is -2.38. The Kier molecular flexibility index (Phi) is 5.51. The molecule has 0 amide bonds. The molecule has 30 heavy (non-hydrogen) atoms. The summed E-state index contributed by atoms with van der Waals surface area (Å²) < 4.78 is 19.2. The van der Waals surface area contributed by atoms with Crippen LogP contribution in [0.4, 0.5) is 0 Å². The number of fused-ring (bicyclic) bond motifs is 6. The van der Waals surface area contributed by atoms with Gasteiger partial charge in [0.2, 0.25) is 0 Å². The van der Waals surface area contributed by atoms with Crippen molar-refractivity contribution in [3.63, 3.8) is 0 Å². The fourth-order valence-electron chi connectivity index (χ4n) is 4.46. The number of methoxy groups -OCH3 is 1. The smallest absolute Gasteiger partial charge is 0.192 e. The Hall–Kier alpha value is -2.15. The normalized spacial score (nSPS) is 21.0. The molecule has 1 aromatic heterocycles. The van der Waals surface area contributed by atoms with Crippen LogP contribution in [-0.4, -0.2) is 37.3 Å². The SMILES string of the molecule is COCCCOc1cc2c(cc1Cl)-c1cc(=O)c(C(C)=O)cn1[C@H]1[C@@H]2OCC1(C)C. The third-order valence-electron chi connectivity index (χ3n) is 5.92. The van der Waals surface area contributed by atoms with E-state index in [4.69, 9.17) is 25.8 Å². The van der Waals surface area contributed by atoms with Gasteiger partial charge in [0.05, 0.1) is 35.5 Å². The number of benzene rings is 1. The van der Waals surface area contributed by atoms with E-state index in [1.807, 2.05) is 16.7 Å². The lowest BCUT2D eigenvalue weighted by molar-refractivity contribution is 0.0884. The number of carbonyl (C=O) groups is 1. The van der Waals surface area contributed by atoms with Gasteiger partial charge in [-0.2, -0.15) is 0 Å². The maximum atomic E-state index is 12.6. The summed E-state index contributed by atoms with van der Waals surface area (Å²) in [5.74, 6) is 0.349. The van der Waals surface area contributed by atoms with Crippen LogP contribution < -0.4 is 10.2 Å². The van der Waals surface area contributed by atoms with Crippen LogP contribution in [0.15, 0.2) is 29.2 Å². The van der Waals surface area contributed by atoms with Gasteiger partial charge in [0.1, 0.15) is 11.9 Å². The van der Waals surface area contributed by atoms with Crippen molar-refractivity contribution in [3.05, 3.63) is 50.8 Å². The highest BCUT2D eigenvalue weighted by Crippen LogP contribution is 2.56. The number of halogens is 1. The number of rotatable bonds is 6. The standard InChI is InChI=1S/C23H26ClNO5/c1-13(26)16-11-25-18(10-19(16)27)14-8-17(24)20(29-7-5-6-28-4)9-15(14)21-22(25)23(2,3)12-30-21/h8-11,21-22H,5-7,12H2,1-4H3/t21-,22+/m1/s1. The fourth-order valence-corrected chi connectivity index (χ4v) is 4.67. The molecule has 4 rings (SSSR count). The summed E-state index contributed by atoms with van der Waals surface area (Å²) in [5.41, 5.74) is 2.24. The number of ketones is 1.